The molecule has 20 heavy (non-hydrogen) atoms. The van der Waals surface area contributed by atoms with Crippen molar-refractivity contribution in [2.45, 2.75) is 9.79 Å². The molecule has 0 radical (unpaired) electrons. The molecule has 0 unspecified atom stereocenters. The van der Waals surface area contributed by atoms with E-state index in [1.807, 2.05) is 0 Å². The van der Waals surface area contributed by atoms with Gasteiger partial charge in [0.2, 0.25) is 0 Å². The molecule has 0 aliphatic heterocycles. The zero-order valence-electron chi connectivity index (χ0n) is 7.52. The number of phenolic OH excluding ortho intramolecular Hbond substituents is 1. The van der Waals surface area contributed by atoms with E-state index < -0.39 is 35.8 Å². The van der Waals surface area contributed by atoms with Gasteiger partial charge in [-0.25, -0.2) is 0 Å². The molecule has 0 heterocycles. The third kappa shape index (κ3) is 10.6. The van der Waals surface area contributed by atoms with Gasteiger partial charge < -0.3 is 10.6 Å². The van der Waals surface area contributed by atoms with Crippen molar-refractivity contribution in [3.8, 4) is 5.75 Å². The van der Waals surface area contributed by atoms with Crippen LogP contribution in [0.1, 0.15) is 0 Å². The van der Waals surface area contributed by atoms with Crippen molar-refractivity contribution in [3.05, 3.63) is 18.2 Å². The molecule has 0 aliphatic carbocycles. The number of phenols is 1. The normalized spacial score (nSPS) is 9.50. The van der Waals surface area contributed by atoms with Crippen LogP contribution in [0.4, 0.5) is 0 Å². The summed E-state index contributed by atoms with van der Waals surface area (Å²) in [5, 5.41) is 9.08. The third-order valence-corrected chi connectivity index (χ3v) is 3.26. The first-order valence-corrected chi connectivity index (χ1v) is 6.28. The summed E-state index contributed by atoms with van der Waals surface area (Å²) < 4.78 is 59.5. The van der Waals surface area contributed by atoms with Gasteiger partial charge in [0, 0.05) is 6.07 Å². The van der Waals surface area contributed by atoms with E-state index in [0.717, 1.165) is 6.07 Å². The molecule has 100 valence electrons. The molecular weight excluding hydrogens is 356 g/mol. The van der Waals surface area contributed by atoms with Crippen LogP contribution in [0.2, 0.25) is 0 Å². The van der Waals surface area contributed by atoms with Crippen LogP contribution in [-0.2, 0) is 20.2 Å². The van der Waals surface area contributed by atoms with E-state index in [1.54, 1.807) is 0 Å². The van der Waals surface area contributed by atoms with Gasteiger partial charge in [0.25, 0.3) is 20.2 Å². The molecule has 0 amide bonds. The van der Waals surface area contributed by atoms with E-state index >= 15 is 0 Å². The van der Waals surface area contributed by atoms with Crippen LogP contribution < -0.4 is 0 Å². The van der Waals surface area contributed by atoms with E-state index in [1.165, 1.54) is 0 Å². The van der Waals surface area contributed by atoms with Crippen molar-refractivity contribution in [2.24, 2.45) is 0 Å². The van der Waals surface area contributed by atoms with Gasteiger partial charge in [0.1, 0.15) is 10.6 Å². The average Bonchev–Trinajstić information content (AvgIpc) is 1.99. The molecular formula is C6H12Na4O8S2. The van der Waals surface area contributed by atoms with Crippen LogP contribution >= 0.6 is 0 Å². The molecule has 14 heteroatoms. The summed E-state index contributed by atoms with van der Waals surface area (Å²) in [5.74, 6) is -0.965. The van der Waals surface area contributed by atoms with E-state index in [0.29, 0.717) is 12.1 Å². The van der Waals surface area contributed by atoms with E-state index in [9.17, 15) is 16.8 Å². The van der Waals surface area contributed by atoms with Crippen LogP contribution in [-0.4, -0.2) is 155 Å². The minimum absolute atomic E-state index is 0. The first kappa shape index (κ1) is 34.2. The summed E-state index contributed by atoms with van der Waals surface area (Å²) >= 11 is 0. The van der Waals surface area contributed by atoms with Crippen LogP contribution in [0.3, 0.4) is 0 Å². The van der Waals surface area contributed by atoms with Crippen molar-refractivity contribution in [1.29, 1.82) is 0 Å². The fourth-order valence-electron chi connectivity index (χ4n) is 0.876. The molecule has 0 spiro atoms. The Morgan fingerprint density at radius 2 is 1.20 bits per heavy atom. The quantitative estimate of drug-likeness (QED) is 0.360. The number of benzene rings is 1. The Bertz CT molecular complexity index is 599. The fraction of sp³-hybridized carbons (Fsp3) is 0. The van der Waals surface area contributed by atoms with Gasteiger partial charge in [-0.15, -0.1) is 0 Å². The van der Waals surface area contributed by atoms with Crippen molar-refractivity contribution < 1.29 is 36.5 Å². The Kier molecular flexibility index (Phi) is 22.5. The first-order valence-electron chi connectivity index (χ1n) is 3.40. The summed E-state index contributed by atoms with van der Waals surface area (Å²) in [6.45, 7) is 0. The Hall–Kier alpha value is 2.80. The molecule has 0 aliphatic rings. The molecule has 0 atom stereocenters. The Morgan fingerprint density at radius 3 is 1.45 bits per heavy atom. The molecule has 0 fully saturated rings. The number of aromatic hydroxyl groups is 1. The predicted molar refractivity (Wildman–Crippen MR) is 79.9 cm³/mol. The Labute approximate surface area is 205 Å². The predicted octanol–water partition coefficient (Wildman–Crippen LogP) is -3.53. The second-order valence-corrected chi connectivity index (χ2v) is 5.39. The van der Waals surface area contributed by atoms with Crippen LogP contribution in [0.5, 0.6) is 5.75 Å². The monoisotopic (exact) mass is 368 g/mol. The second kappa shape index (κ2) is 13.1. The summed E-state index contributed by atoms with van der Waals surface area (Å²) in [5.41, 5.74) is 0. The van der Waals surface area contributed by atoms with Crippen LogP contribution in [0, 0.1) is 0 Å². The van der Waals surface area contributed by atoms with Gasteiger partial charge in [-0.2, -0.15) is 16.8 Å². The SMILES string of the molecule is O.O=S(=O)(O)c1ccc(S(=O)(=O)O)c(O)c1.[NaH].[NaH].[NaH].[NaH]. The average molecular weight is 368 g/mol. The van der Waals surface area contributed by atoms with Crippen molar-refractivity contribution >= 4 is 138 Å². The molecule has 0 bridgehead atoms. The number of hydrogen-bond acceptors (Lipinski definition) is 5. The number of rotatable bonds is 2. The van der Waals surface area contributed by atoms with Gasteiger partial charge >= 0.3 is 118 Å². The van der Waals surface area contributed by atoms with Gasteiger partial charge in [0.05, 0.1) is 4.90 Å². The summed E-state index contributed by atoms with van der Waals surface area (Å²) in [6.07, 6.45) is 0. The zero-order chi connectivity index (χ0) is 11.9. The molecule has 0 aromatic heterocycles. The van der Waals surface area contributed by atoms with Crippen molar-refractivity contribution in [1.82, 2.24) is 0 Å². The minimum atomic E-state index is -4.62. The first-order chi connectivity index (χ1) is 6.62. The molecule has 1 rings (SSSR count). The van der Waals surface area contributed by atoms with Gasteiger partial charge in [0.15, 0.2) is 0 Å². The van der Waals surface area contributed by atoms with E-state index in [4.69, 9.17) is 14.2 Å². The molecule has 0 saturated carbocycles. The molecule has 1 aromatic carbocycles. The summed E-state index contributed by atoms with van der Waals surface area (Å²) in [7, 11) is -9.15. The van der Waals surface area contributed by atoms with Gasteiger partial charge in [-0.3, -0.25) is 9.11 Å². The second-order valence-electron chi connectivity index (χ2n) is 2.58. The van der Waals surface area contributed by atoms with Crippen LogP contribution in [0.25, 0.3) is 0 Å². The molecule has 1 aromatic rings. The zero-order valence-corrected chi connectivity index (χ0v) is 9.16. The van der Waals surface area contributed by atoms with Crippen molar-refractivity contribution in [2.75, 3.05) is 0 Å². The topological polar surface area (TPSA) is 160 Å². The Balaban J connectivity index is -0.000000150. The van der Waals surface area contributed by atoms with E-state index in [2.05, 4.69) is 0 Å². The Morgan fingerprint density at radius 1 is 0.800 bits per heavy atom. The molecule has 0 saturated heterocycles. The van der Waals surface area contributed by atoms with Crippen LogP contribution in [0.15, 0.2) is 28.0 Å². The summed E-state index contributed by atoms with van der Waals surface area (Å²) in [4.78, 5) is -1.51. The molecule has 5 N–H and O–H groups in total. The van der Waals surface area contributed by atoms with Crippen molar-refractivity contribution in [3.63, 3.8) is 0 Å². The molecule has 8 nitrogen and oxygen atoms in total. The standard InChI is InChI=1S/C6H6O7S2.4Na.H2O.4H/c7-5-3-4(14(8,9)10)1-2-6(5)15(11,12)13;;;;;;;;;/h1-3,7H,(H,8,9,10)(H,11,12,13);;;;;1H2;;;;. The van der Waals surface area contributed by atoms with E-state index in [-0.39, 0.29) is 124 Å². The third-order valence-electron chi connectivity index (χ3n) is 1.51. The summed E-state index contributed by atoms with van der Waals surface area (Å²) in [6, 6.07) is 1.91. The maximum atomic E-state index is 10.6. The van der Waals surface area contributed by atoms with Gasteiger partial charge in [-0.1, -0.05) is 0 Å². The van der Waals surface area contributed by atoms with Gasteiger partial charge in [-0.05, 0) is 12.1 Å². The maximum absolute atomic E-state index is 10.6. The fourth-order valence-corrected chi connectivity index (χ4v) is 1.94. The number of hydrogen-bond donors (Lipinski definition) is 3.